The van der Waals surface area contributed by atoms with Crippen molar-refractivity contribution in [1.82, 2.24) is 9.97 Å². The molecule has 38 heavy (non-hydrogen) atoms. The van der Waals surface area contributed by atoms with Crippen LogP contribution in [0.25, 0.3) is 0 Å². The molecule has 0 saturated heterocycles. The monoisotopic (exact) mass is 660 g/mol. The first kappa shape index (κ1) is 29.3. The number of aromatic carboxylic acids is 1. The van der Waals surface area contributed by atoms with E-state index in [-0.39, 0.29) is 11.4 Å². The Hall–Kier alpha value is -3.27. The van der Waals surface area contributed by atoms with E-state index >= 15 is 0 Å². The molecule has 0 bridgehead atoms. The van der Waals surface area contributed by atoms with Crippen molar-refractivity contribution in [1.29, 1.82) is 0 Å². The van der Waals surface area contributed by atoms with E-state index in [0.29, 0.717) is 33.9 Å². The molecular formula is C28H23Br2ClN2O5. The minimum absolute atomic E-state index is 0.0807. The van der Waals surface area contributed by atoms with Crippen molar-refractivity contribution in [2.24, 2.45) is 0 Å². The standard InChI is InChI=1S/C14H11BrClNO2.C14H12BrNO3/c1-9-7-11(15)17-12(14(16)18)13(9)19-8-10-5-3-2-4-6-10;1-9-7-11(15)16-12(14(17)18)13(9)19-8-10-5-3-2-4-6-10/h2-7H,8H2,1H3;2-7H,8H2,1H3,(H,17,18). The minimum Gasteiger partial charge on any atom is -0.486 e. The lowest BCUT2D eigenvalue weighted by Crippen LogP contribution is -2.08. The number of aromatic nitrogens is 2. The number of carboxylic acid groups (broad SMARTS) is 1. The zero-order valence-electron chi connectivity index (χ0n) is 20.5. The van der Waals surface area contributed by atoms with Crippen molar-refractivity contribution >= 4 is 54.7 Å². The van der Waals surface area contributed by atoms with Gasteiger partial charge in [0.25, 0.3) is 5.24 Å². The van der Waals surface area contributed by atoms with Crippen LogP contribution in [0.5, 0.6) is 11.5 Å². The molecule has 2 aromatic carbocycles. The van der Waals surface area contributed by atoms with Crippen LogP contribution in [-0.2, 0) is 13.2 Å². The fraction of sp³-hybridized carbons (Fsp3) is 0.143. The largest absolute Gasteiger partial charge is 0.486 e. The maximum atomic E-state index is 11.4. The van der Waals surface area contributed by atoms with Crippen molar-refractivity contribution in [3.63, 3.8) is 0 Å². The van der Waals surface area contributed by atoms with Crippen molar-refractivity contribution in [3.05, 3.63) is 116 Å². The molecule has 0 radical (unpaired) electrons. The Morgan fingerprint density at radius 2 is 1.16 bits per heavy atom. The maximum Gasteiger partial charge on any atom is 0.358 e. The second-order valence-electron chi connectivity index (χ2n) is 8.01. The van der Waals surface area contributed by atoms with Crippen molar-refractivity contribution in [2.45, 2.75) is 27.1 Å². The van der Waals surface area contributed by atoms with E-state index in [9.17, 15) is 9.59 Å². The summed E-state index contributed by atoms with van der Waals surface area (Å²) in [5, 5.41) is 8.52. The molecule has 0 aliphatic heterocycles. The summed E-state index contributed by atoms with van der Waals surface area (Å²) in [6.07, 6.45) is 0. The van der Waals surface area contributed by atoms with Gasteiger partial charge in [0.1, 0.15) is 22.4 Å². The van der Waals surface area contributed by atoms with E-state index in [1.165, 1.54) is 0 Å². The van der Waals surface area contributed by atoms with Crippen LogP contribution in [0.4, 0.5) is 0 Å². The van der Waals surface area contributed by atoms with Crippen LogP contribution in [0.3, 0.4) is 0 Å². The van der Waals surface area contributed by atoms with Gasteiger partial charge < -0.3 is 14.6 Å². The molecule has 2 aromatic heterocycles. The van der Waals surface area contributed by atoms with E-state index in [2.05, 4.69) is 41.8 Å². The number of aryl methyl sites for hydroxylation is 2. The third-order valence-corrected chi connectivity index (χ3v) is 6.09. The molecule has 7 nitrogen and oxygen atoms in total. The summed E-state index contributed by atoms with van der Waals surface area (Å²) < 4.78 is 12.3. The van der Waals surface area contributed by atoms with E-state index in [4.69, 9.17) is 26.2 Å². The molecule has 1 N–H and O–H groups in total. The van der Waals surface area contributed by atoms with Crippen LogP contribution in [-0.4, -0.2) is 26.3 Å². The first-order valence-electron chi connectivity index (χ1n) is 11.3. The normalized spacial score (nSPS) is 10.2. The van der Waals surface area contributed by atoms with Crippen molar-refractivity contribution < 1.29 is 24.2 Å². The average molecular weight is 663 g/mol. The summed E-state index contributed by atoms with van der Waals surface area (Å²) in [6, 6.07) is 22.8. The van der Waals surface area contributed by atoms with Gasteiger partial charge in [0.2, 0.25) is 0 Å². The van der Waals surface area contributed by atoms with Crippen molar-refractivity contribution in [3.8, 4) is 11.5 Å². The number of rotatable bonds is 8. The SMILES string of the molecule is Cc1cc(Br)nc(C(=O)Cl)c1OCc1ccccc1.Cc1cc(Br)nc(C(=O)O)c1OCc1ccccc1. The van der Waals surface area contributed by atoms with Crippen LogP contribution >= 0.6 is 43.5 Å². The van der Waals surface area contributed by atoms with Crippen LogP contribution in [0.1, 0.15) is 43.2 Å². The van der Waals surface area contributed by atoms with Crippen LogP contribution in [0.2, 0.25) is 0 Å². The highest BCUT2D eigenvalue weighted by molar-refractivity contribution is 9.10. The van der Waals surface area contributed by atoms with Gasteiger partial charge in [0.15, 0.2) is 22.9 Å². The lowest BCUT2D eigenvalue weighted by molar-refractivity contribution is 0.0684. The lowest BCUT2D eigenvalue weighted by Gasteiger charge is -2.12. The number of ether oxygens (including phenoxy) is 2. The van der Waals surface area contributed by atoms with Gasteiger partial charge in [0.05, 0.1) is 0 Å². The molecule has 0 fully saturated rings. The fourth-order valence-electron chi connectivity index (χ4n) is 3.34. The Kier molecular flexibility index (Phi) is 10.8. The third kappa shape index (κ3) is 8.37. The van der Waals surface area contributed by atoms with E-state index in [0.717, 1.165) is 22.3 Å². The highest BCUT2D eigenvalue weighted by Gasteiger charge is 2.18. The second-order valence-corrected chi connectivity index (χ2v) is 9.97. The molecule has 2 heterocycles. The molecule has 0 atom stereocenters. The van der Waals surface area contributed by atoms with E-state index in [1.54, 1.807) is 19.1 Å². The van der Waals surface area contributed by atoms with Gasteiger partial charge in [-0.05, 0) is 91.7 Å². The number of carboxylic acids is 1. The number of carbonyl (C=O) groups excluding carboxylic acids is 1. The van der Waals surface area contributed by atoms with Gasteiger partial charge in [-0.3, -0.25) is 4.79 Å². The number of halogens is 3. The van der Waals surface area contributed by atoms with E-state index in [1.807, 2.05) is 67.6 Å². The molecule has 0 spiro atoms. The topological polar surface area (TPSA) is 98.6 Å². The van der Waals surface area contributed by atoms with Gasteiger partial charge in [-0.25, -0.2) is 14.8 Å². The average Bonchev–Trinajstić information content (AvgIpc) is 2.88. The molecular weight excluding hydrogens is 640 g/mol. The van der Waals surface area contributed by atoms with Gasteiger partial charge in [-0.2, -0.15) is 0 Å². The van der Waals surface area contributed by atoms with Crippen LogP contribution in [0, 0.1) is 13.8 Å². The molecule has 196 valence electrons. The van der Waals surface area contributed by atoms with Gasteiger partial charge in [0, 0.05) is 0 Å². The zero-order chi connectivity index (χ0) is 27.7. The smallest absolute Gasteiger partial charge is 0.358 e. The van der Waals surface area contributed by atoms with Crippen molar-refractivity contribution in [2.75, 3.05) is 0 Å². The molecule has 0 saturated carbocycles. The highest BCUT2D eigenvalue weighted by atomic mass is 79.9. The number of pyridine rings is 2. The number of carbonyl (C=O) groups is 2. The van der Waals surface area contributed by atoms with Crippen LogP contribution in [0.15, 0.2) is 82.0 Å². The second kappa shape index (κ2) is 14.0. The molecule has 10 heteroatoms. The summed E-state index contributed by atoms with van der Waals surface area (Å²) in [6.45, 7) is 4.31. The summed E-state index contributed by atoms with van der Waals surface area (Å²) in [5.74, 6) is -0.376. The molecule has 0 amide bonds. The summed E-state index contributed by atoms with van der Waals surface area (Å²) in [7, 11) is 0. The number of hydrogen-bond acceptors (Lipinski definition) is 6. The maximum absolute atomic E-state index is 11.4. The molecule has 0 unspecified atom stereocenters. The van der Waals surface area contributed by atoms with Gasteiger partial charge in [-0.1, -0.05) is 60.7 Å². The lowest BCUT2D eigenvalue weighted by atomic mass is 10.2. The Bertz CT molecular complexity index is 1310. The zero-order valence-corrected chi connectivity index (χ0v) is 24.4. The van der Waals surface area contributed by atoms with Gasteiger partial charge >= 0.3 is 5.97 Å². The Morgan fingerprint density at radius 3 is 1.55 bits per heavy atom. The first-order valence-corrected chi connectivity index (χ1v) is 13.2. The van der Waals surface area contributed by atoms with E-state index < -0.39 is 11.2 Å². The van der Waals surface area contributed by atoms with Crippen LogP contribution < -0.4 is 9.47 Å². The minimum atomic E-state index is -1.10. The Labute approximate surface area is 242 Å². The summed E-state index contributed by atoms with van der Waals surface area (Å²) in [5.41, 5.74) is 3.57. The molecule has 0 aliphatic carbocycles. The summed E-state index contributed by atoms with van der Waals surface area (Å²) in [4.78, 5) is 30.6. The number of benzene rings is 2. The quantitative estimate of drug-likeness (QED) is 0.154. The molecule has 4 rings (SSSR count). The van der Waals surface area contributed by atoms with Gasteiger partial charge in [-0.15, -0.1) is 0 Å². The Balaban J connectivity index is 0.000000211. The first-order chi connectivity index (χ1) is 18.2. The predicted octanol–water partition coefficient (Wildman–Crippen LogP) is 7.54. The Morgan fingerprint density at radius 1 is 0.763 bits per heavy atom. The number of hydrogen-bond donors (Lipinski definition) is 1. The molecule has 4 aromatic rings. The summed E-state index contributed by atoms with van der Waals surface area (Å²) >= 11 is 11.9. The molecule has 0 aliphatic rings. The highest BCUT2D eigenvalue weighted by Crippen LogP contribution is 2.28. The number of nitrogens with zero attached hydrogens (tertiary/aromatic N) is 2. The fourth-order valence-corrected chi connectivity index (χ4v) is 4.51. The predicted molar refractivity (Wildman–Crippen MR) is 152 cm³/mol. The third-order valence-electron chi connectivity index (χ3n) is 5.10.